The molecule has 0 radical (unpaired) electrons. The maximum atomic E-state index is 12.6. The van der Waals surface area contributed by atoms with Crippen molar-refractivity contribution in [2.75, 3.05) is 13.2 Å². The molecule has 1 fully saturated rings. The van der Waals surface area contributed by atoms with Crippen molar-refractivity contribution in [3.8, 4) is 17.1 Å². The molecule has 8 nitrogen and oxygen atoms in total. The molecule has 1 aliphatic heterocycles. The zero-order valence-corrected chi connectivity index (χ0v) is 16.1. The topological polar surface area (TPSA) is 106 Å². The molecule has 1 aromatic carbocycles. The van der Waals surface area contributed by atoms with Crippen molar-refractivity contribution in [2.24, 2.45) is 5.92 Å². The van der Waals surface area contributed by atoms with Crippen molar-refractivity contribution in [1.29, 1.82) is 0 Å². The molecule has 1 aliphatic rings. The number of nitrogens with zero attached hydrogens (tertiary/aromatic N) is 3. The number of carboxylic acids is 1. The van der Waals surface area contributed by atoms with E-state index in [1.54, 1.807) is 4.90 Å². The quantitative estimate of drug-likeness (QED) is 0.778. The van der Waals surface area contributed by atoms with Crippen LogP contribution in [0.15, 0.2) is 28.8 Å². The van der Waals surface area contributed by atoms with Gasteiger partial charge >= 0.3 is 5.97 Å². The van der Waals surface area contributed by atoms with Crippen molar-refractivity contribution in [3.05, 3.63) is 30.2 Å². The minimum Gasteiger partial charge on any atom is -0.494 e. The lowest BCUT2D eigenvalue weighted by atomic mass is 9.93. The van der Waals surface area contributed by atoms with Crippen molar-refractivity contribution >= 4 is 11.9 Å². The number of hydrogen-bond acceptors (Lipinski definition) is 6. The number of aromatic nitrogens is 2. The van der Waals surface area contributed by atoms with E-state index in [1.807, 2.05) is 38.1 Å². The van der Waals surface area contributed by atoms with Crippen LogP contribution in [-0.2, 0) is 16.0 Å². The van der Waals surface area contributed by atoms with E-state index in [2.05, 4.69) is 10.1 Å². The lowest BCUT2D eigenvalue weighted by Crippen LogP contribution is -2.47. The minimum absolute atomic E-state index is 0.0465. The Morgan fingerprint density at radius 1 is 1.29 bits per heavy atom. The Hall–Kier alpha value is -2.90. The summed E-state index contributed by atoms with van der Waals surface area (Å²) in [4.78, 5) is 29.8. The van der Waals surface area contributed by atoms with E-state index in [0.717, 1.165) is 11.3 Å². The summed E-state index contributed by atoms with van der Waals surface area (Å²) in [5, 5.41) is 13.2. The van der Waals surface area contributed by atoms with Crippen molar-refractivity contribution < 1.29 is 24.0 Å². The van der Waals surface area contributed by atoms with Crippen LogP contribution in [0.2, 0.25) is 0 Å². The molecule has 2 unspecified atom stereocenters. The first-order chi connectivity index (χ1) is 13.5. The molecule has 0 spiro atoms. The van der Waals surface area contributed by atoms with Gasteiger partial charge in [-0.3, -0.25) is 9.59 Å². The van der Waals surface area contributed by atoms with E-state index in [0.29, 0.717) is 37.6 Å². The fourth-order valence-electron chi connectivity index (χ4n) is 3.35. The third-order valence-corrected chi connectivity index (χ3v) is 5.00. The van der Waals surface area contributed by atoms with Gasteiger partial charge in [0.1, 0.15) is 5.75 Å². The third-order valence-electron chi connectivity index (χ3n) is 5.00. The molecule has 2 aromatic rings. The molecule has 28 heavy (non-hydrogen) atoms. The molecule has 1 amide bonds. The standard InChI is InChI=1S/C20H25N3O5/c1-3-27-16-8-6-14(7-9-16)19-21-17(28-22-19)10-11-18(24)23-12-15(20(25)26)5-4-13(23)2/h6-9,13,15H,3-5,10-12H2,1-2H3,(H,25,26). The average molecular weight is 387 g/mol. The Morgan fingerprint density at radius 2 is 2.04 bits per heavy atom. The number of ether oxygens (including phenoxy) is 1. The van der Waals surface area contributed by atoms with Gasteiger partial charge in [-0.05, 0) is 51.0 Å². The second-order valence-corrected chi connectivity index (χ2v) is 6.98. The molecular weight excluding hydrogens is 362 g/mol. The molecule has 8 heteroatoms. The van der Waals surface area contributed by atoms with Crippen LogP contribution in [0.3, 0.4) is 0 Å². The number of benzene rings is 1. The number of carbonyl (C=O) groups excluding carboxylic acids is 1. The summed E-state index contributed by atoms with van der Waals surface area (Å²) in [6.07, 6.45) is 1.84. The molecule has 150 valence electrons. The predicted octanol–water partition coefficient (Wildman–Crippen LogP) is 2.78. The summed E-state index contributed by atoms with van der Waals surface area (Å²) < 4.78 is 10.7. The number of rotatable bonds is 7. The van der Waals surface area contributed by atoms with Crippen LogP contribution >= 0.6 is 0 Å². The first-order valence-electron chi connectivity index (χ1n) is 9.56. The number of aliphatic carboxylic acids is 1. The Morgan fingerprint density at radius 3 is 2.71 bits per heavy atom. The lowest BCUT2D eigenvalue weighted by molar-refractivity contribution is -0.147. The van der Waals surface area contributed by atoms with E-state index in [4.69, 9.17) is 9.26 Å². The average Bonchev–Trinajstić information content (AvgIpc) is 3.16. The molecule has 1 aromatic heterocycles. The van der Waals surface area contributed by atoms with Gasteiger partial charge in [0.25, 0.3) is 0 Å². The van der Waals surface area contributed by atoms with E-state index in [-0.39, 0.29) is 24.9 Å². The van der Waals surface area contributed by atoms with E-state index >= 15 is 0 Å². The number of likely N-dealkylation sites (tertiary alicyclic amines) is 1. The fraction of sp³-hybridized carbons (Fsp3) is 0.500. The van der Waals surface area contributed by atoms with Gasteiger partial charge in [0.05, 0.1) is 12.5 Å². The van der Waals surface area contributed by atoms with E-state index in [1.165, 1.54) is 0 Å². The Balaban J connectivity index is 1.57. The monoisotopic (exact) mass is 387 g/mol. The van der Waals surface area contributed by atoms with Gasteiger partial charge in [0, 0.05) is 31.0 Å². The first kappa shape index (κ1) is 19.9. The molecule has 1 saturated heterocycles. The molecule has 2 atom stereocenters. The molecule has 3 rings (SSSR count). The fourth-order valence-corrected chi connectivity index (χ4v) is 3.35. The number of carboxylic acid groups (broad SMARTS) is 1. The maximum absolute atomic E-state index is 12.6. The van der Waals surface area contributed by atoms with Gasteiger partial charge in [0.2, 0.25) is 17.6 Å². The van der Waals surface area contributed by atoms with Gasteiger partial charge < -0.3 is 19.3 Å². The van der Waals surface area contributed by atoms with Crippen molar-refractivity contribution in [3.63, 3.8) is 0 Å². The van der Waals surface area contributed by atoms with Gasteiger partial charge in [-0.2, -0.15) is 4.98 Å². The number of amides is 1. The van der Waals surface area contributed by atoms with Crippen LogP contribution in [0.1, 0.15) is 39.0 Å². The van der Waals surface area contributed by atoms with Crippen molar-refractivity contribution in [1.82, 2.24) is 15.0 Å². The van der Waals surface area contributed by atoms with Crippen LogP contribution in [-0.4, -0.2) is 51.2 Å². The van der Waals surface area contributed by atoms with E-state index < -0.39 is 11.9 Å². The number of hydrogen-bond donors (Lipinski definition) is 1. The van der Waals surface area contributed by atoms with Gasteiger partial charge in [-0.15, -0.1) is 0 Å². The number of piperidine rings is 1. The summed E-state index contributed by atoms with van der Waals surface area (Å²) in [5.41, 5.74) is 0.804. The van der Waals surface area contributed by atoms with Gasteiger partial charge in [-0.1, -0.05) is 5.16 Å². The highest BCUT2D eigenvalue weighted by Gasteiger charge is 2.32. The van der Waals surface area contributed by atoms with Crippen LogP contribution < -0.4 is 4.74 Å². The Kier molecular flexibility index (Phi) is 6.28. The maximum Gasteiger partial charge on any atom is 0.308 e. The molecular formula is C20H25N3O5. The second kappa shape index (κ2) is 8.86. The molecule has 0 saturated carbocycles. The SMILES string of the molecule is CCOc1ccc(-c2noc(CCC(=O)N3CC(C(=O)O)CCC3C)n2)cc1. The summed E-state index contributed by atoms with van der Waals surface area (Å²) in [5.74, 6) is 0.200. The highest BCUT2D eigenvalue weighted by molar-refractivity contribution is 5.78. The lowest BCUT2D eigenvalue weighted by Gasteiger charge is -2.36. The zero-order chi connectivity index (χ0) is 20.1. The normalized spacial score (nSPS) is 19.4. The molecule has 0 bridgehead atoms. The third kappa shape index (κ3) is 4.68. The summed E-state index contributed by atoms with van der Waals surface area (Å²) in [7, 11) is 0. The van der Waals surface area contributed by atoms with Crippen LogP contribution in [0.4, 0.5) is 0 Å². The first-order valence-corrected chi connectivity index (χ1v) is 9.56. The number of aryl methyl sites for hydroxylation is 1. The highest BCUT2D eigenvalue weighted by Crippen LogP contribution is 2.24. The number of carbonyl (C=O) groups is 2. The van der Waals surface area contributed by atoms with Crippen molar-refractivity contribution in [2.45, 2.75) is 45.6 Å². The molecule has 1 N–H and O–H groups in total. The summed E-state index contributed by atoms with van der Waals surface area (Å²) >= 11 is 0. The minimum atomic E-state index is -0.846. The smallest absolute Gasteiger partial charge is 0.308 e. The summed E-state index contributed by atoms with van der Waals surface area (Å²) in [6.45, 7) is 4.74. The van der Waals surface area contributed by atoms with E-state index in [9.17, 15) is 14.7 Å². The highest BCUT2D eigenvalue weighted by atomic mass is 16.5. The van der Waals surface area contributed by atoms with Crippen LogP contribution in [0, 0.1) is 5.92 Å². The van der Waals surface area contributed by atoms with Crippen LogP contribution in [0.25, 0.3) is 11.4 Å². The molecule has 2 heterocycles. The van der Waals surface area contributed by atoms with Gasteiger partial charge in [0.15, 0.2) is 0 Å². The zero-order valence-electron chi connectivity index (χ0n) is 16.1. The predicted molar refractivity (Wildman–Crippen MR) is 101 cm³/mol. The largest absolute Gasteiger partial charge is 0.494 e. The summed E-state index contributed by atoms with van der Waals surface area (Å²) in [6, 6.07) is 7.44. The van der Waals surface area contributed by atoms with Gasteiger partial charge in [-0.25, -0.2) is 0 Å². The second-order valence-electron chi connectivity index (χ2n) is 6.98. The molecule has 0 aliphatic carbocycles. The Labute approximate surface area is 163 Å². The Bertz CT molecular complexity index is 818. The van der Waals surface area contributed by atoms with Crippen LogP contribution in [0.5, 0.6) is 5.75 Å².